The van der Waals surface area contributed by atoms with Gasteiger partial charge in [0, 0.05) is 101 Å². The van der Waals surface area contributed by atoms with E-state index in [9.17, 15) is 5.11 Å². The minimum atomic E-state index is 0. The fourth-order valence-corrected chi connectivity index (χ4v) is 8.96. The van der Waals surface area contributed by atoms with Crippen molar-refractivity contribution in [2.45, 2.75) is 39.5 Å². The lowest BCUT2D eigenvalue weighted by atomic mass is 9.98. The summed E-state index contributed by atoms with van der Waals surface area (Å²) in [4.78, 5) is 11.4. The highest BCUT2D eigenvalue weighted by Gasteiger charge is 2.22. The van der Waals surface area contributed by atoms with E-state index < -0.39 is 0 Å². The Morgan fingerprint density at radius 1 is 0.614 bits per heavy atom. The highest BCUT2D eigenvalue weighted by atomic mass is 35.5. The van der Waals surface area contributed by atoms with E-state index in [-0.39, 0.29) is 12.4 Å². The Morgan fingerprint density at radius 3 is 1.41 bits per heavy atom. The van der Waals surface area contributed by atoms with Crippen molar-refractivity contribution in [2.75, 3.05) is 52.4 Å². The monoisotopic (exact) mass is 666 g/mol. The second kappa shape index (κ2) is 15.9. The zero-order chi connectivity index (χ0) is 29.6. The van der Waals surface area contributed by atoms with E-state index in [4.69, 9.17) is 12.2 Å². The Kier molecular flexibility index (Phi) is 12.0. The average molecular weight is 667 g/mol. The van der Waals surface area contributed by atoms with Gasteiger partial charge in [-0.1, -0.05) is 106 Å². The zero-order valence-electron chi connectivity index (χ0n) is 25.5. The van der Waals surface area contributed by atoms with Crippen LogP contribution in [0.4, 0.5) is 0 Å². The first-order valence-corrected chi connectivity index (χ1v) is 18.0. The van der Waals surface area contributed by atoms with Crippen molar-refractivity contribution < 1.29 is 5.11 Å². The number of phenols is 1. The molecule has 44 heavy (non-hydrogen) atoms. The molecule has 0 aliphatic carbocycles. The van der Waals surface area contributed by atoms with Crippen molar-refractivity contribution in [3.63, 3.8) is 0 Å². The third-order valence-electron chi connectivity index (χ3n) is 8.84. The quantitative estimate of drug-likeness (QED) is 0.142. The molecular formula is C35H43ClN4OS3. The standard InChI is InChI=1S/C35H42N4OS3.ClH/c1-27-33(35(41)43-42-27)22-30-20-31(25-38-16-12-36(13-17-38)23-28-8-4-2-5-9-28)34(40)32(21-30)26-39-18-14-37(15-19-39)24-29-10-6-3-7-11-29;/h2-11,20-21,40H,12-19,22-26H2,1H3;1H. The zero-order valence-corrected chi connectivity index (χ0v) is 28.8. The van der Waals surface area contributed by atoms with Crippen LogP contribution >= 0.6 is 45.3 Å². The molecule has 0 radical (unpaired) electrons. The summed E-state index contributed by atoms with van der Waals surface area (Å²) in [5, 5.41) is 11.6. The van der Waals surface area contributed by atoms with Crippen LogP contribution in [-0.2, 0) is 32.6 Å². The topological polar surface area (TPSA) is 33.2 Å². The lowest BCUT2D eigenvalue weighted by molar-refractivity contribution is 0.119. The Balaban J connectivity index is 0.00000384. The first kappa shape index (κ1) is 33.2. The Hall–Kier alpha value is -2.14. The smallest absolute Gasteiger partial charge is 0.124 e. The third kappa shape index (κ3) is 8.77. The lowest BCUT2D eigenvalue weighted by Crippen LogP contribution is -2.45. The number of piperazine rings is 2. The van der Waals surface area contributed by atoms with Crippen LogP contribution in [-0.4, -0.2) is 77.1 Å². The van der Waals surface area contributed by atoms with Gasteiger partial charge in [0.15, 0.2) is 0 Å². The van der Waals surface area contributed by atoms with E-state index in [2.05, 4.69) is 99.3 Å². The largest absolute Gasteiger partial charge is 0.507 e. The number of hydrogen-bond acceptors (Lipinski definition) is 8. The molecule has 4 aromatic rings. The fraction of sp³-hybridized carbons (Fsp3) is 0.400. The number of aromatic hydroxyl groups is 1. The summed E-state index contributed by atoms with van der Waals surface area (Å²) >= 11 is 5.69. The average Bonchev–Trinajstić information content (AvgIpc) is 3.34. The maximum Gasteiger partial charge on any atom is 0.124 e. The molecule has 9 heteroatoms. The molecule has 6 rings (SSSR count). The molecule has 0 amide bonds. The van der Waals surface area contributed by atoms with Crippen LogP contribution in [0.3, 0.4) is 0 Å². The third-order valence-corrected chi connectivity index (χ3v) is 12.1. The van der Waals surface area contributed by atoms with E-state index in [0.29, 0.717) is 5.75 Å². The van der Waals surface area contributed by atoms with E-state index in [0.717, 1.165) is 99.9 Å². The van der Waals surface area contributed by atoms with E-state index >= 15 is 0 Å². The number of hydrogen-bond donors (Lipinski definition) is 1. The van der Waals surface area contributed by atoms with Gasteiger partial charge in [0.05, 0.1) is 0 Å². The van der Waals surface area contributed by atoms with Gasteiger partial charge in [-0.05, 0) is 29.2 Å². The molecule has 2 saturated heterocycles. The fourth-order valence-electron chi connectivity index (χ4n) is 6.30. The minimum Gasteiger partial charge on any atom is -0.507 e. The summed E-state index contributed by atoms with van der Waals surface area (Å²) in [5.74, 6) is 0.477. The van der Waals surface area contributed by atoms with Crippen molar-refractivity contribution in [3.05, 3.63) is 115 Å². The minimum absolute atomic E-state index is 0. The number of rotatable bonds is 10. The summed E-state index contributed by atoms with van der Waals surface area (Å²) < 4.78 is 1.00. The van der Waals surface area contributed by atoms with Crippen molar-refractivity contribution >= 4 is 45.3 Å². The van der Waals surface area contributed by atoms with Gasteiger partial charge in [0.25, 0.3) is 0 Å². The van der Waals surface area contributed by atoms with E-state index in [1.54, 1.807) is 20.7 Å². The SMILES string of the molecule is Cc1ssc(=S)c1Cc1cc(CN2CCN(Cc3ccccc3)CC2)c(O)c(CN2CCN(Cc3ccccc3)CC2)c1.Cl. The van der Waals surface area contributed by atoms with Crippen LogP contribution in [0.15, 0.2) is 72.8 Å². The van der Waals surface area contributed by atoms with Gasteiger partial charge >= 0.3 is 0 Å². The molecule has 3 aromatic carbocycles. The van der Waals surface area contributed by atoms with Crippen molar-refractivity contribution in [1.29, 1.82) is 0 Å². The molecule has 1 N–H and O–H groups in total. The summed E-state index contributed by atoms with van der Waals surface area (Å²) in [7, 11) is 3.48. The molecule has 0 spiro atoms. The highest BCUT2D eigenvalue weighted by Crippen LogP contribution is 2.32. The predicted octanol–water partition coefficient (Wildman–Crippen LogP) is 7.20. The number of nitrogens with zero attached hydrogens (tertiary/aromatic N) is 4. The van der Waals surface area contributed by atoms with E-state index in [1.807, 2.05) is 0 Å². The molecule has 234 valence electrons. The maximum atomic E-state index is 11.6. The molecule has 0 saturated carbocycles. The molecule has 2 fully saturated rings. The van der Waals surface area contributed by atoms with Crippen molar-refractivity contribution in [3.8, 4) is 5.75 Å². The Morgan fingerprint density at radius 2 is 1.02 bits per heavy atom. The lowest BCUT2D eigenvalue weighted by Gasteiger charge is -2.36. The van der Waals surface area contributed by atoms with Crippen LogP contribution in [0.5, 0.6) is 5.75 Å². The Labute approximate surface area is 281 Å². The van der Waals surface area contributed by atoms with Crippen molar-refractivity contribution in [2.24, 2.45) is 0 Å². The van der Waals surface area contributed by atoms with Gasteiger partial charge in [-0.15, -0.1) is 12.4 Å². The Bertz CT molecular complexity index is 1440. The molecule has 2 aliphatic rings. The first-order valence-electron chi connectivity index (χ1n) is 15.4. The summed E-state index contributed by atoms with van der Waals surface area (Å²) in [6.45, 7) is 14.0. The number of benzene rings is 3. The maximum absolute atomic E-state index is 11.6. The van der Waals surface area contributed by atoms with Crippen molar-refractivity contribution in [1.82, 2.24) is 19.6 Å². The van der Waals surface area contributed by atoms with Crippen LogP contribution in [0.1, 0.15) is 38.3 Å². The second-order valence-electron chi connectivity index (χ2n) is 12.0. The molecule has 5 nitrogen and oxygen atoms in total. The van der Waals surface area contributed by atoms with E-state index in [1.165, 1.54) is 27.1 Å². The number of aryl methyl sites for hydroxylation is 1. The second-order valence-corrected chi connectivity index (χ2v) is 15.0. The number of phenolic OH excluding ortho intramolecular Hbond substituents is 1. The predicted molar refractivity (Wildman–Crippen MR) is 190 cm³/mol. The molecule has 0 unspecified atom stereocenters. The summed E-state index contributed by atoms with van der Waals surface area (Å²) in [6.07, 6.45) is 0.834. The van der Waals surface area contributed by atoms with Crippen LogP contribution < -0.4 is 0 Å². The summed E-state index contributed by atoms with van der Waals surface area (Å²) in [6, 6.07) is 26.0. The van der Waals surface area contributed by atoms with Gasteiger partial charge in [-0.2, -0.15) is 0 Å². The van der Waals surface area contributed by atoms with Gasteiger partial charge < -0.3 is 5.11 Å². The normalized spacial score (nSPS) is 17.0. The van der Waals surface area contributed by atoms with Crippen LogP contribution in [0.2, 0.25) is 0 Å². The molecule has 3 heterocycles. The van der Waals surface area contributed by atoms with Gasteiger partial charge in [0.2, 0.25) is 0 Å². The highest BCUT2D eigenvalue weighted by molar-refractivity contribution is 7.79. The van der Waals surface area contributed by atoms with Gasteiger partial charge in [0.1, 0.15) is 9.57 Å². The first-order chi connectivity index (χ1) is 21.0. The number of halogens is 1. The molecule has 0 atom stereocenters. The molecule has 2 aliphatic heterocycles. The summed E-state index contributed by atoms with van der Waals surface area (Å²) in [5.41, 5.74) is 7.38. The van der Waals surface area contributed by atoms with Crippen LogP contribution in [0, 0.1) is 10.7 Å². The molecule has 1 aromatic heterocycles. The van der Waals surface area contributed by atoms with Crippen LogP contribution in [0.25, 0.3) is 0 Å². The van der Waals surface area contributed by atoms with Gasteiger partial charge in [-0.3, -0.25) is 19.6 Å². The molecular weight excluding hydrogens is 624 g/mol. The van der Waals surface area contributed by atoms with Gasteiger partial charge in [-0.25, -0.2) is 0 Å². The molecule has 0 bridgehead atoms.